The Morgan fingerprint density at radius 1 is 1.67 bits per heavy atom. The minimum absolute atomic E-state index is 0.0394. The van der Waals surface area contributed by atoms with Crippen LogP contribution in [0.5, 0.6) is 0 Å². The molecule has 0 amide bonds. The van der Waals surface area contributed by atoms with Gasteiger partial charge >= 0.3 is 0 Å². The van der Waals surface area contributed by atoms with Crippen molar-refractivity contribution < 1.29 is 8.92 Å². The van der Waals surface area contributed by atoms with Crippen LogP contribution >= 0.6 is 0 Å². The lowest BCUT2D eigenvalue weighted by Crippen LogP contribution is -2.46. The second kappa shape index (κ2) is 2.77. The van der Waals surface area contributed by atoms with E-state index in [0.29, 0.717) is 6.42 Å². The van der Waals surface area contributed by atoms with Gasteiger partial charge in [0.15, 0.2) is 0 Å². The predicted octanol–water partition coefficient (Wildman–Crippen LogP) is 0.434. The van der Waals surface area contributed by atoms with Crippen molar-refractivity contribution in [1.29, 1.82) is 0 Å². The van der Waals surface area contributed by atoms with E-state index in [9.17, 15) is 4.39 Å². The maximum atomic E-state index is 12.5. The van der Waals surface area contributed by atoms with E-state index >= 15 is 0 Å². The predicted molar refractivity (Wildman–Crippen MR) is 32.5 cm³/mol. The number of hydroxylamine groups is 2. The fourth-order valence-electron chi connectivity index (χ4n) is 0.919. The van der Waals surface area contributed by atoms with E-state index in [1.807, 2.05) is 0 Å². The van der Waals surface area contributed by atoms with E-state index in [1.165, 1.54) is 5.06 Å². The van der Waals surface area contributed by atoms with E-state index in [-0.39, 0.29) is 6.04 Å². The van der Waals surface area contributed by atoms with Crippen molar-refractivity contribution in [2.75, 3.05) is 7.05 Å². The molecule has 2 unspecified atom stereocenters. The summed E-state index contributed by atoms with van der Waals surface area (Å²) in [4.78, 5) is 0. The maximum Gasteiger partial charge on any atom is 0.281 e. The average Bonchev–Trinajstić information content (AvgIpc) is 1.84. The quantitative estimate of drug-likeness (QED) is 0.414. The van der Waals surface area contributed by atoms with Crippen LogP contribution in [0.25, 0.3) is 0 Å². The van der Waals surface area contributed by atoms with Gasteiger partial charge in [-0.15, -0.1) is 0 Å². The summed E-state index contributed by atoms with van der Waals surface area (Å²) in [6, 6.07) is -0.0394. The van der Waals surface area contributed by atoms with E-state index in [4.69, 9.17) is 0 Å². The summed E-state index contributed by atoms with van der Waals surface area (Å²) in [5, 5.41) is 1.49. The summed E-state index contributed by atoms with van der Waals surface area (Å²) in [5.74, 6) is 0. The van der Waals surface area contributed by atoms with Gasteiger partial charge in [0, 0.05) is 7.05 Å². The lowest BCUT2D eigenvalue weighted by Gasteiger charge is -2.36. The zero-order chi connectivity index (χ0) is 6.85. The van der Waals surface area contributed by atoms with Gasteiger partial charge in [-0.3, -0.25) is 0 Å². The molecule has 0 aromatic rings. The molecule has 0 spiro atoms. The van der Waals surface area contributed by atoms with Crippen LogP contribution in [0.2, 0.25) is 0 Å². The van der Waals surface area contributed by atoms with Gasteiger partial charge in [0.2, 0.25) is 0 Å². The second-order valence-corrected chi connectivity index (χ2v) is 2.48. The molecular formula is C5H9FNOSi. The van der Waals surface area contributed by atoms with Gasteiger partial charge in [0.1, 0.15) is 6.17 Å². The van der Waals surface area contributed by atoms with Gasteiger partial charge in [-0.25, -0.2) is 4.39 Å². The lowest BCUT2D eigenvalue weighted by atomic mass is 9.91. The molecule has 2 atom stereocenters. The fourth-order valence-corrected chi connectivity index (χ4v) is 1.05. The maximum absolute atomic E-state index is 12.5. The monoisotopic (exact) mass is 146 g/mol. The molecule has 1 saturated carbocycles. The Morgan fingerprint density at radius 3 is 2.44 bits per heavy atom. The van der Waals surface area contributed by atoms with Gasteiger partial charge in [0.05, 0.1) is 6.04 Å². The molecule has 1 rings (SSSR count). The first-order valence-corrected chi connectivity index (χ1v) is 3.37. The van der Waals surface area contributed by atoms with Gasteiger partial charge in [-0.05, 0) is 12.8 Å². The van der Waals surface area contributed by atoms with Crippen LogP contribution in [0.1, 0.15) is 12.8 Å². The van der Waals surface area contributed by atoms with Crippen LogP contribution in [0, 0.1) is 0 Å². The van der Waals surface area contributed by atoms with Crippen molar-refractivity contribution in [3.05, 3.63) is 0 Å². The molecule has 0 aromatic carbocycles. The molecule has 0 heterocycles. The number of rotatable bonds is 2. The van der Waals surface area contributed by atoms with Crippen molar-refractivity contribution in [2.24, 2.45) is 0 Å². The van der Waals surface area contributed by atoms with Crippen molar-refractivity contribution in [1.82, 2.24) is 5.06 Å². The molecule has 1 aliphatic carbocycles. The molecule has 1 aliphatic rings. The summed E-state index contributed by atoms with van der Waals surface area (Å²) in [6.45, 7) is 0. The smallest absolute Gasteiger partial charge is 0.281 e. The number of halogens is 1. The van der Waals surface area contributed by atoms with Crippen molar-refractivity contribution in [2.45, 2.75) is 25.1 Å². The number of hydrogen-bond donors (Lipinski definition) is 0. The van der Waals surface area contributed by atoms with Crippen LogP contribution in [0.4, 0.5) is 4.39 Å². The second-order valence-electron chi connectivity index (χ2n) is 2.30. The molecule has 0 bridgehead atoms. The number of nitrogens with zero attached hydrogens (tertiary/aromatic N) is 1. The number of alkyl halides is 1. The third kappa shape index (κ3) is 1.31. The van der Waals surface area contributed by atoms with E-state index in [0.717, 1.165) is 6.42 Å². The molecule has 0 aromatic heterocycles. The van der Waals surface area contributed by atoms with Crippen molar-refractivity contribution in [3.63, 3.8) is 0 Å². The highest BCUT2D eigenvalue weighted by Gasteiger charge is 2.33. The van der Waals surface area contributed by atoms with Crippen LogP contribution in [0.15, 0.2) is 0 Å². The first-order valence-electron chi connectivity index (χ1n) is 2.96. The lowest BCUT2D eigenvalue weighted by molar-refractivity contribution is -0.120. The van der Waals surface area contributed by atoms with Crippen LogP contribution in [-0.4, -0.2) is 34.8 Å². The largest absolute Gasteiger partial charge is 0.345 e. The zero-order valence-electron chi connectivity index (χ0n) is 5.30. The van der Waals surface area contributed by atoms with Crippen LogP contribution in [-0.2, 0) is 4.53 Å². The summed E-state index contributed by atoms with van der Waals surface area (Å²) >= 11 is 0. The summed E-state index contributed by atoms with van der Waals surface area (Å²) in [6.07, 6.45) is 0.860. The highest BCUT2D eigenvalue weighted by atomic mass is 28.2. The van der Waals surface area contributed by atoms with Gasteiger partial charge in [-0.2, -0.15) is 5.06 Å². The topological polar surface area (TPSA) is 12.5 Å². The number of hydrogen-bond acceptors (Lipinski definition) is 2. The van der Waals surface area contributed by atoms with Crippen molar-refractivity contribution in [3.8, 4) is 0 Å². The first-order chi connectivity index (χ1) is 4.25. The van der Waals surface area contributed by atoms with E-state index in [1.54, 1.807) is 7.05 Å². The van der Waals surface area contributed by atoms with Gasteiger partial charge < -0.3 is 4.53 Å². The van der Waals surface area contributed by atoms with E-state index in [2.05, 4.69) is 15.0 Å². The summed E-state index contributed by atoms with van der Waals surface area (Å²) in [7, 11) is 4.53. The SMILES string of the molecule is CN(O[Si])C1CCC1F. The Hall–Kier alpha value is 0.0669. The standard InChI is InChI=1S/C5H9FNOSi/c1-7(8-9)5-3-2-4(5)6/h4-5H,2-3H2,1H3. The summed E-state index contributed by atoms with van der Waals surface area (Å²) < 4.78 is 17.1. The molecule has 9 heavy (non-hydrogen) atoms. The zero-order valence-corrected chi connectivity index (χ0v) is 6.30. The molecular weight excluding hydrogens is 137 g/mol. The molecule has 51 valence electrons. The molecule has 1 fully saturated rings. The first kappa shape index (κ1) is 7.18. The molecule has 2 nitrogen and oxygen atoms in total. The summed E-state index contributed by atoms with van der Waals surface area (Å²) in [5.41, 5.74) is 0. The Labute approximate surface area is 57.5 Å². The molecule has 0 saturated heterocycles. The Bertz CT molecular complexity index is 103. The van der Waals surface area contributed by atoms with Crippen LogP contribution < -0.4 is 0 Å². The average molecular weight is 146 g/mol. The Morgan fingerprint density at radius 2 is 2.33 bits per heavy atom. The van der Waals surface area contributed by atoms with E-state index < -0.39 is 6.17 Å². The molecule has 4 heteroatoms. The normalized spacial score (nSPS) is 34.7. The molecule has 0 aliphatic heterocycles. The van der Waals surface area contributed by atoms with Crippen molar-refractivity contribution >= 4 is 10.5 Å². The Balaban J connectivity index is 2.25. The highest BCUT2D eigenvalue weighted by Crippen LogP contribution is 2.27. The van der Waals surface area contributed by atoms with Gasteiger partial charge in [-0.1, -0.05) is 0 Å². The third-order valence-corrected chi connectivity index (χ3v) is 2.05. The minimum atomic E-state index is -0.702. The van der Waals surface area contributed by atoms with Crippen LogP contribution in [0.3, 0.4) is 0 Å². The molecule has 3 radical (unpaired) electrons. The van der Waals surface area contributed by atoms with Gasteiger partial charge in [0.25, 0.3) is 10.5 Å². The minimum Gasteiger partial charge on any atom is -0.345 e. The Kier molecular flexibility index (Phi) is 2.21. The third-order valence-electron chi connectivity index (χ3n) is 1.77. The highest BCUT2D eigenvalue weighted by molar-refractivity contribution is 5.97. The molecule has 0 N–H and O–H groups in total. The fraction of sp³-hybridized carbons (Fsp3) is 1.00.